The SMILES string of the molecule is CCOC(=O)C(C)(N)CCOc1ccc([N+](=O)[O-])c(F)c1. The van der Waals surface area contributed by atoms with E-state index in [2.05, 4.69) is 0 Å². The molecule has 0 aliphatic heterocycles. The Labute approximate surface area is 121 Å². The number of rotatable bonds is 7. The highest BCUT2D eigenvalue weighted by atomic mass is 19.1. The second-order valence-electron chi connectivity index (χ2n) is 4.61. The van der Waals surface area contributed by atoms with Crippen molar-refractivity contribution in [3.8, 4) is 5.75 Å². The Balaban J connectivity index is 2.58. The van der Waals surface area contributed by atoms with E-state index in [9.17, 15) is 19.3 Å². The predicted octanol–water partition coefficient (Wildman–Crippen LogP) is 1.78. The molecule has 2 N–H and O–H groups in total. The third-order valence-corrected chi connectivity index (χ3v) is 2.75. The van der Waals surface area contributed by atoms with E-state index < -0.39 is 27.9 Å². The average molecular weight is 300 g/mol. The summed E-state index contributed by atoms with van der Waals surface area (Å²) in [5, 5.41) is 10.5. The molecule has 1 aromatic carbocycles. The Bertz CT molecular complexity index is 533. The predicted molar refractivity (Wildman–Crippen MR) is 72.4 cm³/mol. The lowest BCUT2D eigenvalue weighted by Crippen LogP contribution is -2.47. The highest BCUT2D eigenvalue weighted by Gasteiger charge is 2.29. The maximum Gasteiger partial charge on any atom is 0.325 e. The number of nitro groups is 1. The molecule has 0 radical (unpaired) electrons. The summed E-state index contributed by atoms with van der Waals surface area (Å²) >= 11 is 0. The van der Waals surface area contributed by atoms with E-state index >= 15 is 0 Å². The molecule has 1 aromatic rings. The third kappa shape index (κ3) is 4.67. The highest BCUT2D eigenvalue weighted by Crippen LogP contribution is 2.22. The second kappa shape index (κ2) is 6.98. The fourth-order valence-electron chi connectivity index (χ4n) is 1.50. The first-order valence-electron chi connectivity index (χ1n) is 6.30. The van der Waals surface area contributed by atoms with E-state index in [-0.39, 0.29) is 25.4 Å². The van der Waals surface area contributed by atoms with Gasteiger partial charge >= 0.3 is 11.7 Å². The zero-order valence-electron chi connectivity index (χ0n) is 11.8. The number of hydrogen-bond donors (Lipinski definition) is 1. The van der Waals surface area contributed by atoms with Gasteiger partial charge in [0.1, 0.15) is 11.3 Å². The van der Waals surface area contributed by atoms with Gasteiger partial charge in [0.25, 0.3) is 0 Å². The van der Waals surface area contributed by atoms with E-state index in [0.717, 1.165) is 12.1 Å². The summed E-state index contributed by atoms with van der Waals surface area (Å²) in [5.41, 5.74) is 3.95. The summed E-state index contributed by atoms with van der Waals surface area (Å²) in [6.07, 6.45) is 0.157. The van der Waals surface area contributed by atoms with Crippen molar-refractivity contribution in [2.24, 2.45) is 5.73 Å². The quantitative estimate of drug-likeness (QED) is 0.467. The van der Waals surface area contributed by atoms with Crippen LogP contribution in [-0.2, 0) is 9.53 Å². The molecule has 21 heavy (non-hydrogen) atoms. The topological polar surface area (TPSA) is 105 Å². The Morgan fingerprint density at radius 2 is 2.19 bits per heavy atom. The molecule has 0 fully saturated rings. The third-order valence-electron chi connectivity index (χ3n) is 2.75. The Morgan fingerprint density at radius 1 is 1.52 bits per heavy atom. The fourth-order valence-corrected chi connectivity index (χ4v) is 1.50. The van der Waals surface area contributed by atoms with Crippen molar-refractivity contribution in [3.05, 3.63) is 34.1 Å². The smallest absolute Gasteiger partial charge is 0.325 e. The molecule has 1 rings (SSSR count). The number of benzene rings is 1. The number of carbonyl (C=O) groups excluding carboxylic acids is 1. The molecule has 0 saturated heterocycles. The van der Waals surface area contributed by atoms with Gasteiger partial charge in [0.05, 0.1) is 18.1 Å². The van der Waals surface area contributed by atoms with Gasteiger partial charge < -0.3 is 15.2 Å². The lowest BCUT2D eigenvalue weighted by Gasteiger charge is -2.22. The molecule has 0 aromatic heterocycles. The number of carbonyl (C=O) groups is 1. The molecule has 0 amide bonds. The van der Waals surface area contributed by atoms with Gasteiger partial charge in [-0.05, 0) is 19.9 Å². The number of ether oxygens (including phenoxy) is 2. The van der Waals surface area contributed by atoms with E-state index in [4.69, 9.17) is 15.2 Å². The van der Waals surface area contributed by atoms with Gasteiger partial charge in [-0.1, -0.05) is 0 Å². The maximum atomic E-state index is 13.4. The van der Waals surface area contributed by atoms with Crippen LogP contribution in [-0.4, -0.2) is 29.6 Å². The number of halogens is 1. The van der Waals surface area contributed by atoms with Crippen LogP contribution in [0, 0.1) is 15.9 Å². The van der Waals surface area contributed by atoms with Crippen molar-refractivity contribution in [2.75, 3.05) is 13.2 Å². The average Bonchev–Trinajstić information content (AvgIpc) is 2.38. The molecule has 0 saturated carbocycles. The zero-order valence-corrected chi connectivity index (χ0v) is 11.8. The van der Waals surface area contributed by atoms with Crippen LogP contribution >= 0.6 is 0 Å². The van der Waals surface area contributed by atoms with Gasteiger partial charge in [-0.3, -0.25) is 14.9 Å². The summed E-state index contributed by atoms with van der Waals surface area (Å²) in [4.78, 5) is 21.2. The van der Waals surface area contributed by atoms with Gasteiger partial charge in [-0.15, -0.1) is 0 Å². The van der Waals surface area contributed by atoms with E-state index in [1.54, 1.807) is 6.92 Å². The van der Waals surface area contributed by atoms with Gasteiger partial charge in [-0.25, -0.2) is 0 Å². The van der Waals surface area contributed by atoms with E-state index in [1.807, 2.05) is 0 Å². The summed E-state index contributed by atoms with van der Waals surface area (Å²) < 4.78 is 23.4. The van der Waals surface area contributed by atoms with Crippen LogP contribution in [0.25, 0.3) is 0 Å². The van der Waals surface area contributed by atoms with Gasteiger partial charge in [0.2, 0.25) is 5.82 Å². The van der Waals surface area contributed by atoms with Crippen molar-refractivity contribution in [1.29, 1.82) is 0 Å². The van der Waals surface area contributed by atoms with Crippen LogP contribution in [0.15, 0.2) is 18.2 Å². The molecule has 0 aliphatic rings. The fraction of sp³-hybridized carbons (Fsp3) is 0.462. The monoisotopic (exact) mass is 300 g/mol. The molecule has 1 unspecified atom stereocenters. The molecule has 8 heteroatoms. The van der Waals surface area contributed by atoms with E-state index in [0.29, 0.717) is 0 Å². The molecule has 0 heterocycles. The molecule has 0 bridgehead atoms. The van der Waals surface area contributed by atoms with Crippen LogP contribution in [0.1, 0.15) is 20.3 Å². The Kier molecular flexibility index (Phi) is 5.60. The van der Waals surface area contributed by atoms with Crippen LogP contribution in [0.2, 0.25) is 0 Å². The zero-order chi connectivity index (χ0) is 16.0. The number of nitrogens with two attached hydrogens (primary N) is 1. The number of hydrogen-bond acceptors (Lipinski definition) is 6. The summed E-state index contributed by atoms with van der Waals surface area (Å²) in [7, 11) is 0. The Morgan fingerprint density at radius 3 is 2.71 bits per heavy atom. The van der Waals surface area contributed by atoms with Crippen molar-refractivity contribution in [3.63, 3.8) is 0 Å². The van der Waals surface area contributed by atoms with Gasteiger partial charge in [0, 0.05) is 18.6 Å². The standard InChI is InChI=1S/C13H17FN2O5/c1-3-20-12(17)13(2,15)6-7-21-9-4-5-11(16(18)19)10(14)8-9/h4-5,8H,3,6-7,15H2,1-2H3. The molecule has 116 valence electrons. The van der Waals surface area contributed by atoms with Gasteiger partial charge in [-0.2, -0.15) is 4.39 Å². The lowest BCUT2D eigenvalue weighted by molar-refractivity contribution is -0.387. The second-order valence-corrected chi connectivity index (χ2v) is 4.61. The minimum atomic E-state index is -1.21. The first-order chi connectivity index (χ1) is 9.77. The molecule has 0 aliphatic carbocycles. The summed E-state index contributed by atoms with van der Waals surface area (Å²) in [6.45, 7) is 3.44. The molecule has 7 nitrogen and oxygen atoms in total. The van der Waals surface area contributed by atoms with Crippen LogP contribution in [0.3, 0.4) is 0 Å². The van der Waals surface area contributed by atoms with Gasteiger partial charge in [0.15, 0.2) is 0 Å². The first kappa shape index (κ1) is 16.8. The number of esters is 1. The highest BCUT2D eigenvalue weighted by molar-refractivity contribution is 5.79. The normalized spacial score (nSPS) is 13.3. The largest absolute Gasteiger partial charge is 0.493 e. The summed E-state index contributed by atoms with van der Waals surface area (Å²) in [6, 6.07) is 3.20. The lowest BCUT2D eigenvalue weighted by atomic mass is 10.0. The van der Waals surface area contributed by atoms with Crippen LogP contribution < -0.4 is 10.5 Å². The van der Waals surface area contributed by atoms with Crippen molar-refractivity contribution >= 4 is 11.7 Å². The molecular formula is C13H17FN2O5. The first-order valence-corrected chi connectivity index (χ1v) is 6.30. The van der Waals surface area contributed by atoms with Crippen LogP contribution in [0.5, 0.6) is 5.75 Å². The minimum Gasteiger partial charge on any atom is -0.493 e. The van der Waals surface area contributed by atoms with Crippen molar-refractivity contribution in [1.82, 2.24) is 0 Å². The maximum absolute atomic E-state index is 13.4. The van der Waals surface area contributed by atoms with Crippen molar-refractivity contribution < 1.29 is 23.6 Å². The molecule has 0 spiro atoms. The molecule has 1 atom stereocenters. The molecular weight excluding hydrogens is 283 g/mol. The number of nitro benzene ring substituents is 1. The Hall–Kier alpha value is -2.22. The van der Waals surface area contributed by atoms with Crippen molar-refractivity contribution in [2.45, 2.75) is 25.8 Å². The van der Waals surface area contributed by atoms with Crippen LogP contribution in [0.4, 0.5) is 10.1 Å². The van der Waals surface area contributed by atoms with E-state index in [1.165, 1.54) is 13.0 Å². The minimum absolute atomic E-state index is 0.0447. The summed E-state index contributed by atoms with van der Waals surface area (Å²) in [5.74, 6) is -1.42. The number of nitrogens with zero attached hydrogens (tertiary/aromatic N) is 1.